The molecule has 0 spiro atoms. The van der Waals surface area contributed by atoms with Gasteiger partial charge in [-0.25, -0.2) is 0 Å². The molecule has 0 aliphatic heterocycles. The summed E-state index contributed by atoms with van der Waals surface area (Å²) in [5.41, 5.74) is -7.97. The van der Waals surface area contributed by atoms with Gasteiger partial charge >= 0.3 is 18.5 Å². The summed E-state index contributed by atoms with van der Waals surface area (Å²) >= 11 is 0. The van der Waals surface area contributed by atoms with E-state index in [0.717, 1.165) is 6.92 Å². The van der Waals surface area contributed by atoms with Crippen molar-refractivity contribution in [1.82, 2.24) is 0 Å². The fraction of sp³-hybridized carbons (Fsp3) is 1.00. The second kappa shape index (κ2) is 7.17. The summed E-state index contributed by atoms with van der Waals surface area (Å²) in [5, 5.41) is 9.25. The minimum absolute atomic E-state index is 0.130. The van der Waals surface area contributed by atoms with Gasteiger partial charge in [0.05, 0.1) is 18.1 Å². The molecule has 1 N–H and O–H groups in total. The maximum atomic E-state index is 13.5. The maximum Gasteiger partial charge on any atom is 0.428 e. The van der Waals surface area contributed by atoms with Crippen LogP contribution in [0.5, 0.6) is 0 Å². The third-order valence-corrected chi connectivity index (χ3v) is 6.95. The van der Waals surface area contributed by atoms with Crippen LogP contribution in [0.15, 0.2) is 0 Å². The lowest BCUT2D eigenvalue weighted by Gasteiger charge is -2.45. The van der Waals surface area contributed by atoms with Crippen molar-refractivity contribution in [3.05, 3.63) is 0 Å². The van der Waals surface area contributed by atoms with E-state index in [4.69, 9.17) is 4.74 Å². The van der Waals surface area contributed by atoms with Crippen LogP contribution in [0.2, 0.25) is 0 Å². The molecule has 11 heteroatoms. The van der Waals surface area contributed by atoms with Crippen LogP contribution in [0.3, 0.4) is 0 Å². The maximum absolute atomic E-state index is 13.5. The van der Waals surface area contributed by atoms with E-state index in [-0.39, 0.29) is 25.2 Å². The lowest BCUT2D eigenvalue weighted by Crippen LogP contribution is -2.60. The van der Waals surface area contributed by atoms with E-state index in [9.17, 15) is 44.6 Å². The molecule has 0 radical (unpaired) electrons. The molecule has 2 aliphatic rings. The van der Waals surface area contributed by atoms with E-state index in [1.807, 2.05) is 0 Å². The molecule has 2 saturated carbocycles. The molecule has 2 fully saturated rings. The largest absolute Gasteiger partial charge is 0.428 e. The molecule has 2 aliphatic carbocycles. The summed E-state index contributed by atoms with van der Waals surface area (Å²) in [6.07, 6.45) is -17.1. The number of rotatable bonds is 6. The third kappa shape index (κ3) is 4.22. The van der Waals surface area contributed by atoms with E-state index in [1.54, 1.807) is 6.92 Å². The average molecular weight is 444 g/mol. The van der Waals surface area contributed by atoms with Crippen LogP contribution in [0.4, 0.5) is 39.5 Å². The first-order valence-electron chi connectivity index (χ1n) is 9.34. The normalized spacial score (nSPS) is 33.2. The Morgan fingerprint density at radius 3 is 1.83 bits per heavy atom. The van der Waals surface area contributed by atoms with Gasteiger partial charge in [0.2, 0.25) is 0 Å². The standard InChI is InChI=1S/C18H25F9O2/c1-4-14(3,16(19,20)21)8-13(2)7-10-5-11(13)12(6-10)29-9-15(28,17(22,23)24)18(25,26)27/h10-12,28H,4-9H2,1-3H3. The molecule has 29 heavy (non-hydrogen) atoms. The molecule has 0 aromatic rings. The van der Waals surface area contributed by atoms with Crippen LogP contribution >= 0.6 is 0 Å². The fourth-order valence-corrected chi connectivity index (χ4v) is 5.07. The Morgan fingerprint density at radius 1 is 0.931 bits per heavy atom. The third-order valence-electron chi connectivity index (χ3n) is 6.95. The van der Waals surface area contributed by atoms with Crippen molar-refractivity contribution in [3.8, 4) is 0 Å². The molecule has 172 valence electrons. The van der Waals surface area contributed by atoms with E-state index in [1.165, 1.54) is 6.92 Å². The van der Waals surface area contributed by atoms with Crippen LogP contribution in [0.1, 0.15) is 52.9 Å². The number of hydrogen-bond acceptors (Lipinski definition) is 2. The molecular weight excluding hydrogens is 419 g/mol. The first-order valence-corrected chi connectivity index (χ1v) is 9.34. The number of aliphatic hydroxyl groups is 1. The molecule has 0 aromatic heterocycles. The molecule has 2 bridgehead atoms. The van der Waals surface area contributed by atoms with Gasteiger partial charge in [0.15, 0.2) is 0 Å². The van der Waals surface area contributed by atoms with Gasteiger partial charge in [-0.05, 0) is 49.4 Å². The first-order chi connectivity index (χ1) is 12.8. The van der Waals surface area contributed by atoms with Crippen molar-refractivity contribution < 1.29 is 49.4 Å². The van der Waals surface area contributed by atoms with Gasteiger partial charge in [-0.3, -0.25) is 0 Å². The van der Waals surface area contributed by atoms with Crippen molar-refractivity contribution in [2.75, 3.05) is 6.61 Å². The van der Waals surface area contributed by atoms with Gasteiger partial charge in [0.25, 0.3) is 5.60 Å². The van der Waals surface area contributed by atoms with Crippen molar-refractivity contribution in [1.29, 1.82) is 0 Å². The molecule has 0 aromatic carbocycles. The minimum atomic E-state index is -6.00. The Balaban J connectivity index is 2.18. The molecule has 0 amide bonds. The Bertz CT molecular complexity index is 584. The quantitative estimate of drug-likeness (QED) is 0.507. The van der Waals surface area contributed by atoms with E-state index < -0.39 is 53.6 Å². The smallest absolute Gasteiger partial charge is 0.374 e. The minimum Gasteiger partial charge on any atom is -0.374 e. The second-order valence-corrected chi connectivity index (χ2v) is 9.10. The number of alkyl halides is 9. The van der Waals surface area contributed by atoms with Gasteiger partial charge in [-0.1, -0.05) is 20.8 Å². The van der Waals surface area contributed by atoms with E-state index in [0.29, 0.717) is 12.8 Å². The summed E-state index contributed by atoms with van der Waals surface area (Å²) in [5.74, 6) is -0.736. The second-order valence-electron chi connectivity index (χ2n) is 9.10. The van der Waals surface area contributed by atoms with Crippen LogP contribution in [-0.4, -0.2) is 41.9 Å². The van der Waals surface area contributed by atoms with Gasteiger partial charge in [-0.15, -0.1) is 0 Å². The zero-order chi connectivity index (χ0) is 22.7. The van der Waals surface area contributed by atoms with Crippen molar-refractivity contribution in [2.24, 2.45) is 22.7 Å². The lowest BCUT2D eigenvalue weighted by molar-refractivity contribution is -0.380. The predicted molar refractivity (Wildman–Crippen MR) is 84.8 cm³/mol. The van der Waals surface area contributed by atoms with E-state index >= 15 is 0 Å². The van der Waals surface area contributed by atoms with Crippen LogP contribution in [0.25, 0.3) is 0 Å². The van der Waals surface area contributed by atoms with E-state index in [2.05, 4.69) is 0 Å². The highest BCUT2D eigenvalue weighted by atomic mass is 19.4. The van der Waals surface area contributed by atoms with Gasteiger partial charge < -0.3 is 9.84 Å². The summed E-state index contributed by atoms with van der Waals surface area (Å²) in [7, 11) is 0. The molecule has 5 unspecified atom stereocenters. The van der Waals surface area contributed by atoms with Crippen molar-refractivity contribution in [2.45, 2.75) is 83.1 Å². The number of ether oxygens (including phenoxy) is 1. The SMILES string of the molecule is CCC(C)(CC1(C)CC2CC(OCC(O)(C(F)(F)F)C(F)(F)F)C1C2)C(F)(F)F. The summed E-state index contributed by atoms with van der Waals surface area (Å²) in [4.78, 5) is 0. The zero-order valence-electron chi connectivity index (χ0n) is 16.2. The molecule has 5 atom stereocenters. The number of hydrogen-bond donors (Lipinski definition) is 1. The summed E-state index contributed by atoms with van der Waals surface area (Å²) < 4.78 is 123. The van der Waals surface area contributed by atoms with Gasteiger partial charge in [-0.2, -0.15) is 39.5 Å². The zero-order valence-corrected chi connectivity index (χ0v) is 16.2. The topological polar surface area (TPSA) is 29.5 Å². The Kier molecular flexibility index (Phi) is 6.07. The fourth-order valence-electron chi connectivity index (χ4n) is 5.07. The molecule has 0 heterocycles. The average Bonchev–Trinajstić information content (AvgIpc) is 3.05. The summed E-state index contributed by atoms with van der Waals surface area (Å²) in [6, 6.07) is 0. The van der Waals surface area contributed by atoms with Gasteiger partial charge in [0, 0.05) is 0 Å². The highest BCUT2D eigenvalue weighted by Gasteiger charge is 2.71. The van der Waals surface area contributed by atoms with Crippen LogP contribution < -0.4 is 0 Å². The number of fused-ring (bicyclic) bond motifs is 2. The molecule has 2 nitrogen and oxygen atoms in total. The lowest BCUT2D eigenvalue weighted by atomic mass is 9.63. The Hall–Kier alpha value is -0.710. The van der Waals surface area contributed by atoms with Crippen LogP contribution in [-0.2, 0) is 4.74 Å². The van der Waals surface area contributed by atoms with Crippen LogP contribution in [0, 0.1) is 22.7 Å². The molecule has 0 saturated heterocycles. The van der Waals surface area contributed by atoms with Crippen molar-refractivity contribution >= 4 is 0 Å². The van der Waals surface area contributed by atoms with Crippen molar-refractivity contribution in [3.63, 3.8) is 0 Å². The Labute approximate surface area is 162 Å². The first kappa shape index (κ1) is 24.6. The molecular formula is C18H25F9O2. The summed E-state index contributed by atoms with van der Waals surface area (Å²) in [6.45, 7) is 2.03. The highest BCUT2D eigenvalue weighted by molar-refractivity contribution is 5.06. The Morgan fingerprint density at radius 2 is 1.45 bits per heavy atom. The molecule has 2 rings (SSSR count). The monoisotopic (exact) mass is 444 g/mol. The highest BCUT2D eigenvalue weighted by Crippen LogP contribution is 2.63. The van der Waals surface area contributed by atoms with Gasteiger partial charge in [0.1, 0.15) is 0 Å². The number of halogens is 9. The predicted octanol–water partition coefficient (Wildman–Crippen LogP) is 6.03.